The van der Waals surface area contributed by atoms with Gasteiger partial charge in [-0.2, -0.15) is 0 Å². The van der Waals surface area contributed by atoms with E-state index in [-0.39, 0.29) is 29.6 Å². The fourth-order valence-corrected chi connectivity index (χ4v) is 4.16. The van der Waals surface area contributed by atoms with Crippen LogP contribution in [0.25, 0.3) is 0 Å². The van der Waals surface area contributed by atoms with Crippen LogP contribution >= 0.6 is 0 Å². The molecule has 0 fully saturated rings. The summed E-state index contributed by atoms with van der Waals surface area (Å²) in [6.45, 7) is 10.1. The van der Waals surface area contributed by atoms with Gasteiger partial charge in [0, 0.05) is 25.9 Å². The SMILES string of the molecule is CCCC[C@H](C)[C@@H]1C(=O)N(CCc2ccccc2)C=CN1C(=O)[C@H](NC(C)=O)[C@@H](C)CC. The summed E-state index contributed by atoms with van der Waals surface area (Å²) in [7, 11) is 0. The highest BCUT2D eigenvalue weighted by Gasteiger charge is 2.41. The van der Waals surface area contributed by atoms with Crippen LogP contribution < -0.4 is 5.32 Å². The highest BCUT2D eigenvalue weighted by atomic mass is 16.2. The second kappa shape index (κ2) is 12.4. The lowest BCUT2D eigenvalue weighted by Crippen LogP contribution is -2.59. The maximum absolute atomic E-state index is 13.5. The van der Waals surface area contributed by atoms with Crippen molar-refractivity contribution >= 4 is 17.7 Å². The van der Waals surface area contributed by atoms with Gasteiger partial charge in [0.15, 0.2) is 0 Å². The smallest absolute Gasteiger partial charge is 0.250 e. The Labute approximate surface area is 193 Å². The molecule has 6 heteroatoms. The maximum Gasteiger partial charge on any atom is 0.250 e. The summed E-state index contributed by atoms with van der Waals surface area (Å²) < 4.78 is 0. The lowest BCUT2D eigenvalue weighted by Gasteiger charge is -2.41. The molecule has 0 aliphatic carbocycles. The van der Waals surface area contributed by atoms with E-state index in [1.807, 2.05) is 39.0 Å². The summed E-state index contributed by atoms with van der Waals surface area (Å²) in [6, 6.07) is 8.88. The lowest BCUT2D eigenvalue weighted by molar-refractivity contribution is -0.148. The number of nitrogens with one attached hydrogen (secondary N) is 1. The fraction of sp³-hybridized carbons (Fsp3) is 0.577. The number of rotatable bonds is 11. The van der Waals surface area contributed by atoms with Crippen molar-refractivity contribution in [2.75, 3.05) is 6.54 Å². The van der Waals surface area contributed by atoms with Crippen molar-refractivity contribution in [2.45, 2.75) is 78.8 Å². The van der Waals surface area contributed by atoms with Crippen molar-refractivity contribution in [3.05, 3.63) is 48.3 Å². The summed E-state index contributed by atoms with van der Waals surface area (Å²) >= 11 is 0. The average Bonchev–Trinajstić information content (AvgIpc) is 2.79. The quantitative estimate of drug-likeness (QED) is 0.562. The largest absolute Gasteiger partial charge is 0.344 e. The first kappa shape index (κ1) is 25.6. The Balaban J connectivity index is 2.28. The zero-order valence-electron chi connectivity index (χ0n) is 20.2. The number of nitrogens with zero attached hydrogens (tertiary/aromatic N) is 2. The third-order valence-electron chi connectivity index (χ3n) is 6.37. The molecule has 4 atom stereocenters. The van der Waals surface area contributed by atoms with Gasteiger partial charge in [0.1, 0.15) is 12.1 Å². The molecule has 6 nitrogen and oxygen atoms in total. The van der Waals surface area contributed by atoms with Gasteiger partial charge in [-0.25, -0.2) is 0 Å². The lowest BCUT2D eigenvalue weighted by atomic mass is 9.90. The molecule has 0 radical (unpaired) electrons. The Hall–Kier alpha value is -2.63. The molecular weight excluding hydrogens is 402 g/mol. The molecule has 1 aromatic rings. The molecule has 1 N–H and O–H groups in total. The van der Waals surface area contributed by atoms with Crippen LogP contribution in [0, 0.1) is 11.8 Å². The second-order valence-electron chi connectivity index (χ2n) is 8.94. The van der Waals surface area contributed by atoms with Crippen molar-refractivity contribution in [3.63, 3.8) is 0 Å². The topological polar surface area (TPSA) is 69.7 Å². The Bertz CT molecular complexity index is 793. The van der Waals surface area contributed by atoms with Crippen molar-refractivity contribution < 1.29 is 14.4 Å². The van der Waals surface area contributed by atoms with Gasteiger partial charge in [-0.05, 0) is 30.2 Å². The van der Waals surface area contributed by atoms with E-state index in [1.54, 1.807) is 22.2 Å². The highest BCUT2D eigenvalue weighted by molar-refractivity contribution is 5.94. The number of carbonyl (C=O) groups is 3. The molecule has 3 amide bonds. The molecule has 2 rings (SSSR count). The third-order valence-corrected chi connectivity index (χ3v) is 6.37. The van der Waals surface area contributed by atoms with E-state index in [0.29, 0.717) is 6.54 Å². The van der Waals surface area contributed by atoms with Gasteiger partial charge in [-0.3, -0.25) is 14.4 Å². The van der Waals surface area contributed by atoms with Crippen LogP contribution in [-0.4, -0.2) is 46.1 Å². The fourth-order valence-electron chi connectivity index (χ4n) is 4.16. The molecule has 1 aromatic carbocycles. The summed E-state index contributed by atoms with van der Waals surface area (Å²) in [6.07, 6.45) is 7.86. The monoisotopic (exact) mass is 441 g/mol. The first-order valence-corrected chi connectivity index (χ1v) is 11.9. The number of hydrogen-bond acceptors (Lipinski definition) is 3. The van der Waals surface area contributed by atoms with Gasteiger partial charge in [0.05, 0.1) is 0 Å². The number of amides is 3. The van der Waals surface area contributed by atoms with Crippen LogP contribution in [0.15, 0.2) is 42.7 Å². The number of unbranched alkanes of at least 4 members (excludes halogenated alkanes) is 1. The van der Waals surface area contributed by atoms with E-state index in [1.165, 1.54) is 12.5 Å². The van der Waals surface area contributed by atoms with Crippen LogP contribution in [0.4, 0.5) is 0 Å². The number of benzene rings is 1. The summed E-state index contributed by atoms with van der Waals surface area (Å²) in [4.78, 5) is 42.2. The molecule has 1 heterocycles. The minimum atomic E-state index is -0.647. The van der Waals surface area contributed by atoms with Crippen molar-refractivity contribution in [1.82, 2.24) is 15.1 Å². The molecule has 1 aliphatic rings. The van der Waals surface area contributed by atoms with Gasteiger partial charge in [-0.15, -0.1) is 0 Å². The Kier molecular flexibility index (Phi) is 9.95. The molecule has 176 valence electrons. The predicted octanol–water partition coefficient (Wildman–Crippen LogP) is 4.12. The first-order valence-electron chi connectivity index (χ1n) is 11.9. The first-order chi connectivity index (χ1) is 15.3. The molecule has 0 spiro atoms. The molecule has 0 aromatic heterocycles. The predicted molar refractivity (Wildman–Crippen MR) is 127 cm³/mol. The minimum Gasteiger partial charge on any atom is -0.344 e. The normalized spacial score (nSPS) is 18.9. The van der Waals surface area contributed by atoms with E-state index >= 15 is 0 Å². The number of carbonyl (C=O) groups excluding carboxylic acids is 3. The van der Waals surface area contributed by atoms with Gasteiger partial charge >= 0.3 is 0 Å². The minimum absolute atomic E-state index is 0.0190. The molecule has 0 saturated heterocycles. The molecule has 0 bridgehead atoms. The zero-order chi connectivity index (χ0) is 23.7. The Morgan fingerprint density at radius 2 is 1.78 bits per heavy atom. The average molecular weight is 442 g/mol. The van der Waals surface area contributed by atoms with Crippen molar-refractivity contribution in [3.8, 4) is 0 Å². The molecule has 32 heavy (non-hydrogen) atoms. The maximum atomic E-state index is 13.5. The zero-order valence-corrected chi connectivity index (χ0v) is 20.2. The summed E-state index contributed by atoms with van der Waals surface area (Å²) in [5.41, 5.74) is 1.17. The van der Waals surface area contributed by atoms with Crippen LogP contribution in [0.3, 0.4) is 0 Å². The van der Waals surface area contributed by atoms with E-state index in [4.69, 9.17) is 0 Å². The molecule has 1 aliphatic heterocycles. The van der Waals surface area contributed by atoms with Crippen molar-refractivity contribution in [2.24, 2.45) is 11.8 Å². The van der Waals surface area contributed by atoms with Crippen LogP contribution in [0.1, 0.15) is 65.9 Å². The van der Waals surface area contributed by atoms with E-state index in [2.05, 4.69) is 24.4 Å². The van der Waals surface area contributed by atoms with Crippen LogP contribution in [0.2, 0.25) is 0 Å². The Morgan fingerprint density at radius 1 is 1.09 bits per heavy atom. The summed E-state index contributed by atoms with van der Waals surface area (Å²) in [5, 5.41) is 2.81. The van der Waals surface area contributed by atoms with Gasteiger partial charge in [0.2, 0.25) is 17.7 Å². The number of hydrogen-bond donors (Lipinski definition) is 1. The second-order valence-corrected chi connectivity index (χ2v) is 8.94. The van der Waals surface area contributed by atoms with E-state index in [9.17, 15) is 14.4 Å². The van der Waals surface area contributed by atoms with Gasteiger partial charge in [0.25, 0.3) is 0 Å². The molecule has 0 saturated carbocycles. The van der Waals surface area contributed by atoms with Gasteiger partial charge < -0.3 is 15.1 Å². The van der Waals surface area contributed by atoms with E-state index < -0.39 is 12.1 Å². The standard InChI is InChI=1S/C26H39N3O3/c1-6-8-12-20(4)24-26(32)28(16-15-22-13-10-9-11-14-22)17-18-29(24)25(31)23(19(3)7-2)27-21(5)30/h9-11,13-14,17-20,23-24H,6-8,12,15-16H2,1-5H3,(H,27,30)/t19-,20-,23+,24+/m0/s1. The van der Waals surface area contributed by atoms with Crippen LogP contribution in [0.5, 0.6) is 0 Å². The van der Waals surface area contributed by atoms with Gasteiger partial charge in [-0.1, -0.05) is 77.3 Å². The van der Waals surface area contributed by atoms with E-state index in [0.717, 1.165) is 32.1 Å². The van der Waals surface area contributed by atoms with Crippen LogP contribution in [-0.2, 0) is 20.8 Å². The highest BCUT2D eigenvalue weighted by Crippen LogP contribution is 2.26. The van der Waals surface area contributed by atoms with Crippen molar-refractivity contribution in [1.29, 1.82) is 0 Å². The Morgan fingerprint density at radius 3 is 2.38 bits per heavy atom. The summed E-state index contributed by atoms with van der Waals surface area (Å²) in [5.74, 6) is -0.513. The molecular formula is C26H39N3O3. The molecule has 0 unspecified atom stereocenters. The third kappa shape index (κ3) is 6.68.